The van der Waals surface area contributed by atoms with Gasteiger partial charge in [0.25, 0.3) is 0 Å². The predicted molar refractivity (Wildman–Crippen MR) is 69.6 cm³/mol. The van der Waals surface area contributed by atoms with Crippen LogP contribution >= 0.6 is 0 Å². The lowest BCUT2D eigenvalue weighted by Crippen LogP contribution is -2.01. The van der Waals surface area contributed by atoms with Crippen LogP contribution in [0.4, 0.5) is 0 Å². The second-order valence-corrected chi connectivity index (χ2v) is 4.37. The zero-order valence-electron chi connectivity index (χ0n) is 10.5. The molecular formula is C14H17N3. The maximum atomic E-state index is 5.61. The standard InChI is InChI=1S/C14H17N3/c1-9-4-10(2)14(11(3)5-9)13-6-12(7-15)16-8-17-13/h4-6,8H,7,15H2,1-3H3. The van der Waals surface area contributed by atoms with Crippen LogP contribution in [0.3, 0.4) is 0 Å². The Labute approximate surface area is 102 Å². The molecule has 2 N–H and O–H groups in total. The lowest BCUT2D eigenvalue weighted by atomic mass is 9.97. The van der Waals surface area contributed by atoms with Crippen LogP contribution in [0.5, 0.6) is 0 Å². The molecule has 0 aliphatic rings. The molecule has 0 saturated carbocycles. The zero-order valence-corrected chi connectivity index (χ0v) is 10.5. The molecule has 3 nitrogen and oxygen atoms in total. The molecule has 1 aromatic heterocycles. The van der Waals surface area contributed by atoms with Gasteiger partial charge in [-0.1, -0.05) is 17.7 Å². The van der Waals surface area contributed by atoms with E-state index in [1.807, 2.05) is 6.07 Å². The molecule has 0 atom stereocenters. The minimum Gasteiger partial charge on any atom is -0.325 e. The van der Waals surface area contributed by atoms with Crippen LogP contribution in [0.15, 0.2) is 24.5 Å². The Morgan fingerprint density at radius 2 is 1.65 bits per heavy atom. The minimum absolute atomic E-state index is 0.444. The molecule has 1 heterocycles. The zero-order chi connectivity index (χ0) is 12.4. The number of hydrogen-bond donors (Lipinski definition) is 1. The molecule has 88 valence electrons. The Kier molecular flexibility index (Phi) is 3.20. The van der Waals surface area contributed by atoms with Gasteiger partial charge in [0.2, 0.25) is 0 Å². The monoisotopic (exact) mass is 227 g/mol. The summed E-state index contributed by atoms with van der Waals surface area (Å²) in [5.41, 5.74) is 12.4. The van der Waals surface area contributed by atoms with E-state index in [2.05, 4.69) is 42.9 Å². The van der Waals surface area contributed by atoms with Gasteiger partial charge in [0.15, 0.2) is 0 Å². The highest BCUT2D eigenvalue weighted by molar-refractivity contribution is 5.68. The Morgan fingerprint density at radius 1 is 1.00 bits per heavy atom. The van der Waals surface area contributed by atoms with E-state index in [-0.39, 0.29) is 0 Å². The second kappa shape index (κ2) is 4.63. The predicted octanol–water partition coefficient (Wildman–Crippen LogP) is 2.53. The number of aromatic nitrogens is 2. The summed E-state index contributed by atoms with van der Waals surface area (Å²) in [5.74, 6) is 0. The van der Waals surface area contributed by atoms with Gasteiger partial charge >= 0.3 is 0 Å². The van der Waals surface area contributed by atoms with E-state index < -0.39 is 0 Å². The summed E-state index contributed by atoms with van der Waals surface area (Å²) in [4.78, 5) is 8.47. The van der Waals surface area contributed by atoms with Gasteiger partial charge < -0.3 is 5.73 Å². The Balaban J connectivity index is 2.60. The van der Waals surface area contributed by atoms with Crippen molar-refractivity contribution in [3.8, 4) is 11.3 Å². The van der Waals surface area contributed by atoms with Gasteiger partial charge in [-0.15, -0.1) is 0 Å². The van der Waals surface area contributed by atoms with E-state index in [4.69, 9.17) is 5.73 Å². The van der Waals surface area contributed by atoms with Crippen LogP contribution in [0.25, 0.3) is 11.3 Å². The SMILES string of the molecule is Cc1cc(C)c(-c2cc(CN)ncn2)c(C)c1. The fourth-order valence-electron chi connectivity index (χ4n) is 2.23. The third-order valence-corrected chi connectivity index (χ3v) is 2.87. The summed E-state index contributed by atoms with van der Waals surface area (Å²) < 4.78 is 0. The summed E-state index contributed by atoms with van der Waals surface area (Å²) in [5, 5.41) is 0. The van der Waals surface area contributed by atoms with Crippen molar-refractivity contribution in [1.82, 2.24) is 9.97 Å². The van der Waals surface area contributed by atoms with Crippen molar-refractivity contribution < 1.29 is 0 Å². The first-order chi connectivity index (χ1) is 8.11. The number of hydrogen-bond acceptors (Lipinski definition) is 3. The highest BCUT2D eigenvalue weighted by atomic mass is 14.8. The summed E-state index contributed by atoms with van der Waals surface area (Å²) >= 11 is 0. The molecule has 1 aromatic carbocycles. The van der Waals surface area contributed by atoms with Gasteiger partial charge in [-0.25, -0.2) is 9.97 Å². The lowest BCUT2D eigenvalue weighted by Gasteiger charge is -2.11. The first-order valence-corrected chi connectivity index (χ1v) is 5.71. The van der Waals surface area contributed by atoms with E-state index in [9.17, 15) is 0 Å². The van der Waals surface area contributed by atoms with Crippen molar-refractivity contribution in [2.75, 3.05) is 0 Å². The Bertz CT molecular complexity index is 524. The van der Waals surface area contributed by atoms with Crippen LogP contribution in [0.2, 0.25) is 0 Å². The van der Waals surface area contributed by atoms with Gasteiger partial charge in [-0.3, -0.25) is 0 Å². The largest absolute Gasteiger partial charge is 0.325 e. The smallest absolute Gasteiger partial charge is 0.116 e. The van der Waals surface area contributed by atoms with Crippen molar-refractivity contribution in [2.45, 2.75) is 27.3 Å². The van der Waals surface area contributed by atoms with Crippen LogP contribution in [-0.2, 0) is 6.54 Å². The highest BCUT2D eigenvalue weighted by Gasteiger charge is 2.08. The molecule has 0 bridgehead atoms. The molecule has 0 unspecified atom stereocenters. The van der Waals surface area contributed by atoms with Gasteiger partial charge in [-0.2, -0.15) is 0 Å². The summed E-state index contributed by atoms with van der Waals surface area (Å²) in [7, 11) is 0. The molecule has 3 heteroatoms. The van der Waals surface area contributed by atoms with Gasteiger partial charge in [-0.05, 0) is 38.0 Å². The fourth-order valence-corrected chi connectivity index (χ4v) is 2.23. The van der Waals surface area contributed by atoms with E-state index >= 15 is 0 Å². The molecule has 0 aliphatic carbocycles. The minimum atomic E-state index is 0.444. The molecule has 2 rings (SSSR count). The second-order valence-electron chi connectivity index (χ2n) is 4.37. The lowest BCUT2D eigenvalue weighted by molar-refractivity contribution is 0.965. The molecular weight excluding hydrogens is 210 g/mol. The molecule has 0 saturated heterocycles. The maximum Gasteiger partial charge on any atom is 0.116 e. The molecule has 2 aromatic rings. The average molecular weight is 227 g/mol. The van der Waals surface area contributed by atoms with Crippen LogP contribution < -0.4 is 5.73 Å². The normalized spacial score (nSPS) is 10.6. The van der Waals surface area contributed by atoms with Crippen LogP contribution in [0, 0.1) is 20.8 Å². The number of rotatable bonds is 2. The van der Waals surface area contributed by atoms with E-state index in [0.717, 1.165) is 11.4 Å². The quantitative estimate of drug-likeness (QED) is 0.857. The highest BCUT2D eigenvalue weighted by Crippen LogP contribution is 2.26. The molecule has 0 spiro atoms. The van der Waals surface area contributed by atoms with Crippen molar-refractivity contribution >= 4 is 0 Å². The maximum absolute atomic E-state index is 5.61. The van der Waals surface area contributed by atoms with Crippen LogP contribution in [0.1, 0.15) is 22.4 Å². The van der Waals surface area contributed by atoms with Crippen molar-refractivity contribution in [1.29, 1.82) is 0 Å². The molecule has 0 fully saturated rings. The van der Waals surface area contributed by atoms with Crippen LogP contribution in [-0.4, -0.2) is 9.97 Å². The van der Waals surface area contributed by atoms with Gasteiger partial charge in [0.1, 0.15) is 6.33 Å². The topological polar surface area (TPSA) is 51.8 Å². The Hall–Kier alpha value is -1.74. The molecule has 0 aliphatic heterocycles. The number of nitrogens with two attached hydrogens (primary N) is 1. The van der Waals surface area contributed by atoms with Gasteiger partial charge in [0, 0.05) is 12.1 Å². The molecule has 0 amide bonds. The third kappa shape index (κ3) is 2.34. The summed E-state index contributed by atoms with van der Waals surface area (Å²) in [6.07, 6.45) is 1.58. The van der Waals surface area contributed by atoms with Gasteiger partial charge in [0.05, 0.1) is 11.4 Å². The Morgan fingerprint density at radius 3 is 2.24 bits per heavy atom. The number of nitrogens with zero attached hydrogens (tertiary/aromatic N) is 2. The average Bonchev–Trinajstić information content (AvgIpc) is 2.28. The van der Waals surface area contributed by atoms with E-state index in [0.29, 0.717) is 6.54 Å². The summed E-state index contributed by atoms with van der Waals surface area (Å²) in [6, 6.07) is 6.31. The number of aryl methyl sites for hydroxylation is 3. The van der Waals surface area contributed by atoms with Crippen molar-refractivity contribution in [2.24, 2.45) is 5.73 Å². The van der Waals surface area contributed by atoms with Crippen molar-refractivity contribution in [3.05, 3.63) is 46.9 Å². The number of benzene rings is 1. The molecule has 17 heavy (non-hydrogen) atoms. The fraction of sp³-hybridized carbons (Fsp3) is 0.286. The third-order valence-electron chi connectivity index (χ3n) is 2.87. The van der Waals surface area contributed by atoms with E-state index in [1.165, 1.54) is 22.3 Å². The van der Waals surface area contributed by atoms with Crippen molar-refractivity contribution in [3.63, 3.8) is 0 Å². The first kappa shape index (κ1) is 11.7. The van der Waals surface area contributed by atoms with E-state index in [1.54, 1.807) is 6.33 Å². The first-order valence-electron chi connectivity index (χ1n) is 5.71. The summed E-state index contributed by atoms with van der Waals surface area (Å²) in [6.45, 7) is 6.77. The molecule has 0 radical (unpaired) electrons.